The highest BCUT2D eigenvalue weighted by Crippen LogP contribution is 2.43. The van der Waals surface area contributed by atoms with Gasteiger partial charge in [0.25, 0.3) is 0 Å². The van der Waals surface area contributed by atoms with Crippen LogP contribution in [0, 0.1) is 6.92 Å². The molecule has 0 bridgehead atoms. The molecule has 2 nitrogen and oxygen atoms in total. The smallest absolute Gasteiger partial charge is 0.127 e. The second-order valence-electron chi connectivity index (χ2n) is 5.66. The number of nitrogen functional groups attached to an aromatic ring is 1. The lowest BCUT2D eigenvalue weighted by Crippen LogP contribution is -1.87. The maximum atomic E-state index is 6.26. The van der Waals surface area contributed by atoms with E-state index < -0.39 is 0 Å². The summed E-state index contributed by atoms with van der Waals surface area (Å²) in [6, 6.07) is 18.8. The van der Waals surface area contributed by atoms with Crippen molar-refractivity contribution in [3.8, 4) is 33.0 Å². The lowest BCUT2D eigenvalue weighted by molar-refractivity contribution is 1.39. The van der Waals surface area contributed by atoms with E-state index in [-0.39, 0.29) is 0 Å². The number of hydrogen-bond donors (Lipinski definition) is 1. The molecule has 0 fully saturated rings. The number of aryl methyl sites for hydroxylation is 1. The summed E-state index contributed by atoms with van der Waals surface area (Å²) in [6.45, 7) is 2.09. The molecule has 0 spiro atoms. The molecular weight excluding hydrogens is 332 g/mol. The minimum Gasteiger partial charge on any atom is -0.390 e. The topological polar surface area (TPSA) is 38.9 Å². The summed E-state index contributed by atoms with van der Waals surface area (Å²) in [4.78, 5) is 4.84. The Balaban J connectivity index is 1.78. The van der Waals surface area contributed by atoms with Gasteiger partial charge in [0.05, 0.1) is 16.3 Å². The van der Waals surface area contributed by atoms with Gasteiger partial charge in [0.15, 0.2) is 0 Å². The lowest BCUT2D eigenvalue weighted by Gasteiger charge is -2.03. The third-order valence-electron chi connectivity index (χ3n) is 3.97. The largest absolute Gasteiger partial charge is 0.390 e. The fourth-order valence-electron chi connectivity index (χ4n) is 2.67. The van der Waals surface area contributed by atoms with Gasteiger partial charge in [-0.3, -0.25) is 0 Å². The summed E-state index contributed by atoms with van der Waals surface area (Å²) in [7, 11) is 0. The summed E-state index contributed by atoms with van der Waals surface area (Å²) in [5.41, 5.74) is 13.0. The highest BCUT2D eigenvalue weighted by Gasteiger charge is 2.17. The van der Waals surface area contributed by atoms with Crippen LogP contribution in [0.2, 0.25) is 0 Å². The molecule has 0 aliphatic rings. The number of aromatic nitrogens is 1. The van der Waals surface area contributed by atoms with Crippen molar-refractivity contribution in [3.63, 3.8) is 0 Å². The van der Waals surface area contributed by atoms with Crippen LogP contribution in [0.4, 0.5) is 5.00 Å². The quantitative estimate of drug-likeness (QED) is 0.486. The Bertz CT molecular complexity index is 967. The molecule has 4 aromatic rings. The molecule has 0 saturated heterocycles. The molecular formula is C20H16N2S2. The third kappa shape index (κ3) is 2.75. The standard InChI is InChI=1S/C20H16N2S2/c1-13-7-9-15(10-8-13)17-12-24-20(22-17)18-16(11-23-19(18)21)14-5-3-2-4-6-14/h2-12H,21H2,1H3. The summed E-state index contributed by atoms with van der Waals surface area (Å²) in [5.74, 6) is 0. The Morgan fingerprint density at radius 1 is 0.833 bits per heavy atom. The average molecular weight is 348 g/mol. The molecule has 0 saturated carbocycles. The Hall–Kier alpha value is -2.43. The molecule has 0 unspecified atom stereocenters. The monoisotopic (exact) mass is 348 g/mol. The van der Waals surface area contributed by atoms with Crippen LogP contribution in [0.25, 0.3) is 33.0 Å². The molecule has 24 heavy (non-hydrogen) atoms. The van der Waals surface area contributed by atoms with Crippen LogP contribution >= 0.6 is 22.7 Å². The number of benzene rings is 2. The maximum Gasteiger partial charge on any atom is 0.127 e. The predicted molar refractivity (Wildman–Crippen MR) is 105 cm³/mol. The average Bonchev–Trinajstić information content (AvgIpc) is 3.23. The van der Waals surface area contributed by atoms with Gasteiger partial charge >= 0.3 is 0 Å². The van der Waals surface area contributed by atoms with Gasteiger partial charge in [0, 0.05) is 21.9 Å². The summed E-state index contributed by atoms with van der Waals surface area (Å²) in [6.07, 6.45) is 0. The highest BCUT2D eigenvalue weighted by atomic mass is 32.1. The van der Waals surface area contributed by atoms with Crippen LogP contribution < -0.4 is 5.73 Å². The number of nitrogens with two attached hydrogens (primary N) is 1. The van der Waals surface area contributed by atoms with E-state index >= 15 is 0 Å². The molecule has 2 aromatic heterocycles. The first-order valence-corrected chi connectivity index (χ1v) is 9.43. The predicted octanol–water partition coefficient (Wildman–Crippen LogP) is 6.10. The van der Waals surface area contributed by atoms with E-state index in [2.05, 4.69) is 54.1 Å². The first kappa shape index (κ1) is 15.1. The molecule has 0 amide bonds. The van der Waals surface area contributed by atoms with E-state index in [0.717, 1.165) is 32.4 Å². The molecule has 4 heteroatoms. The van der Waals surface area contributed by atoms with Gasteiger partial charge in [-0.1, -0.05) is 60.2 Å². The first-order chi connectivity index (χ1) is 11.7. The summed E-state index contributed by atoms with van der Waals surface area (Å²) >= 11 is 3.22. The maximum absolute atomic E-state index is 6.26. The normalized spacial score (nSPS) is 10.9. The third-order valence-corrected chi connectivity index (χ3v) is 5.64. The number of nitrogens with zero attached hydrogens (tertiary/aromatic N) is 1. The van der Waals surface area contributed by atoms with E-state index in [1.165, 1.54) is 11.1 Å². The van der Waals surface area contributed by atoms with E-state index in [1.54, 1.807) is 22.7 Å². The molecule has 2 N–H and O–H groups in total. The zero-order chi connectivity index (χ0) is 16.5. The van der Waals surface area contributed by atoms with Gasteiger partial charge in [-0.2, -0.15) is 0 Å². The number of rotatable bonds is 3. The molecule has 0 atom stereocenters. The zero-order valence-corrected chi connectivity index (χ0v) is 14.8. The Kier molecular flexibility index (Phi) is 3.92. The molecule has 0 radical (unpaired) electrons. The molecule has 4 rings (SSSR count). The fraction of sp³-hybridized carbons (Fsp3) is 0.0500. The lowest BCUT2D eigenvalue weighted by atomic mass is 10.0. The second-order valence-corrected chi connectivity index (χ2v) is 7.43. The van der Waals surface area contributed by atoms with Gasteiger partial charge in [0.2, 0.25) is 0 Å². The van der Waals surface area contributed by atoms with Crippen LogP contribution in [0.5, 0.6) is 0 Å². The van der Waals surface area contributed by atoms with Crippen LogP contribution in [-0.2, 0) is 0 Å². The van der Waals surface area contributed by atoms with Gasteiger partial charge in [-0.15, -0.1) is 22.7 Å². The number of hydrogen-bond acceptors (Lipinski definition) is 4. The van der Waals surface area contributed by atoms with E-state index in [9.17, 15) is 0 Å². The number of anilines is 1. The van der Waals surface area contributed by atoms with Gasteiger partial charge in [-0.05, 0) is 12.5 Å². The van der Waals surface area contributed by atoms with Crippen LogP contribution in [0.1, 0.15) is 5.56 Å². The first-order valence-electron chi connectivity index (χ1n) is 7.67. The molecule has 2 heterocycles. The fourth-order valence-corrected chi connectivity index (χ4v) is 4.46. The van der Waals surface area contributed by atoms with Crippen molar-refractivity contribution in [2.75, 3.05) is 5.73 Å². The second kappa shape index (κ2) is 6.23. The van der Waals surface area contributed by atoms with Crippen LogP contribution in [-0.4, -0.2) is 4.98 Å². The van der Waals surface area contributed by atoms with Crippen molar-refractivity contribution < 1.29 is 0 Å². The molecule has 2 aromatic carbocycles. The summed E-state index contributed by atoms with van der Waals surface area (Å²) in [5, 5.41) is 6.01. The number of thiophene rings is 1. The van der Waals surface area contributed by atoms with Crippen molar-refractivity contribution in [1.82, 2.24) is 4.98 Å². The van der Waals surface area contributed by atoms with Crippen LogP contribution in [0.15, 0.2) is 65.4 Å². The Labute approximate surface area is 149 Å². The Morgan fingerprint density at radius 3 is 2.33 bits per heavy atom. The highest BCUT2D eigenvalue weighted by molar-refractivity contribution is 7.17. The van der Waals surface area contributed by atoms with E-state index in [0.29, 0.717) is 0 Å². The van der Waals surface area contributed by atoms with Gasteiger partial charge in [0.1, 0.15) is 5.01 Å². The van der Waals surface area contributed by atoms with Crippen molar-refractivity contribution in [2.45, 2.75) is 6.92 Å². The van der Waals surface area contributed by atoms with E-state index in [1.807, 2.05) is 18.2 Å². The molecule has 118 valence electrons. The van der Waals surface area contributed by atoms with Crippen molar-refractivity contribution in [2.24, 2.45) is 0 Å². The Morgan fingerprint density at radius 2 is 1.58 bits per heavy atom. The molecule has 0 aliphatic heterocycles. The SMILES string of the molecule is Cc1ccc(-c2csc(-c3c(-c4ccccc4)csc3N)n2)cc1. The van der Waals surface area contributed by atoms with Crippen LogP contribution in [0.3, 0.4) is 0 Å². The minimum atomic E-state index is 0.818. The minimum absolute atomic E-state index is 0.818. The number of thiazole rings is 1. The zero-order valence-electron chi connectivity index (χ0n) is 13.2. The molecule has 0 aliphatic carbocycles. The van der Waals surface area contributed by atoms with Crippen molar-refractivity contribution in [3.05, 3.63) is 70.9 Å². The van der Waals surface area contributed by atoms with E-state index in [4.69, 9.17) is 10.7 Å². The summed E-state index contributed by atoms with van der Waals surface area (Å²) < 4.78 is 0. The van der Waals surface area contributed by atoms with Gasteiger partial charge < -0.3 is 5.73 Å². The van der Waals surface area contributed by atoms with Crippen molar-refractivity contribution in [1.29, 1.82) is 0 Å². The van der Waals surface area contributed by atoms with Crippen molar-refractivity contribution >= 4 is 27.7 Å². The van der Waals surface area contributed by atoms with Gasteiger partial charge in [-0.25, -0.2) is 4.98 Å².